The normalized spacial score (nSPS) is 10.4. The Bertz CT molecular complexity index is 583. The van der Waals surface area contributed by atoms with Crippen LogP contribution in [0.1, 0.15) is 5.56 Å². The molecule has 0 aliphatic heterocycles. The first-order valence-corrected chi connectivity index (χ1v) is 6.06. The number of nitrogens with two attached hydrogens (primary N) is 1. The van der Waals surface area contributed by atoms with Crippen molar-refractivity contribution in [2.45, 2.75) is 13.1 Å². The maximum Gasteiger partial charge on any atom is 0.244 e. The third kappa shape index (κ3) is 3.69. The highest BCUT2D eigenvalue weighted by molar-refractivity contribution is 6.30. The lowest BCUT2D eigenvalue weighted by atomic mass is 10.2. The van der Waals surface area contributed by atoms with E-state index < -0.39 is 0 Å². The molecule has 0 bridgehead atoms. The van der Waals surface area contributed by atoms with E-state index in [9.17, 15) is 4.79 Å². The number of anilines is 1. The highest BCUT2D eigenvalue weighted by Crippen LogP contribution is 2.12. The van der Waals surface area contributed by atoms with Gasteiger partial charge in [0.15, 0.2) is 0 Å². The Morgan fingerprint density at radius 3 is 2.95 bits per heavy atom. The number of rotatable bonds is 4. The van der Waals surface area contributed by atoms with Gasteiger partial charge in [-0.15, -0.1) is 5.10 Å². The van der Waals surface area contributed by atoms with Gasteiger partial charge in [-0.2, -0.15) is 0 Å². The number of halogens is 1. The Morgan fingerprint density at radius 1 is 1.53 bits per heavy atom. The molecule has 0 aliphatic rings. The molecule has 0 unspecified atom stereocenters. The highest BCUT2D eigenvalue weighted by atomic mass is 35.5. The number of benzene rings is 1. The lowest BCUT2D eigenvalue weighted by Gasteiger charge is -2.17. The quantitative estimate of drug-likeness (QED) is 0.911. The highest BCUT2D eigenvalue weighted by Gasteiger charge is 2.11. The van der Waals surface area contributed by atoms with E-state index in [1.165, 1.54) is 11.0 Å². The number of amides is 1. The number of nitrogen functional groups attached to an aromatic ring is 1. The summed E-state index contributed by atoms with van der Waals surface area (Å²) < 4.78 is 1.41. The van der Waals surface area contributed by atoms with Crippen molar-refractivity contribution in [2.24, 2.45) is 0 Å². The van der Waals surface area contributed by atoms with Gasteiger partial charge in [0.05, 0.1) is 0 Å². The standard InChI is InChI=1S/C12H14ClN5O/c1-17(6-9-3-2-4-10(13)5-9)11(19)7-18-8-15-12(14)16-18/h2-5,8H,6-7H2,1H3,(H2,14,16). The minimum atomic E-state index is -0.0788. The Labute approximate surface area is 115 Å². The monoisotopic (exact) mass is 279 g/mol. The molecule has 1 aromatic heterocycles. The van der Waals surface area contributed by atoms with Crippen LogP contribution >= 0.6 is 11.6 Å². The minimum Gasteiger partial charge on any atom is -0.367 e. The summed E-state index contributed by atoms with van der Waals surface area (Å²) in [5, 5.41) is 4.52. The van der Waals surface area contributed by atoms with Crippen molar-refractivity contribution < 1.29 is 4.79 Å². The molecule has 1 aromatic carbocycles. The van der Waals surface area contributed by atoms with Crippen molar-refractivity contribution in [3.8, 4) is 0 Å². The van der Waals surface area contributed by atoms with Crippen LogP contribution in [0.2, 0.25) is 5.02 Å². The fourth-order valence-corrected chi connectivity index (χ4v) is 1.85. The zero-order chi connectivity index (χ0) is 13.8. The minimum absolute atomic E-state index is 0.0788. The molecule has 6 nitrogen and oxygen atoms in total. The van der Waals surface area contributed by atoms with Crippen LogP contribution in [0.15, 0.2) is 30.6 Å². The van der Waals surface area contributed by atoms with Crippen LogP contribution in [-0.2, 0) is 17.9 Å². The number of hydrogen-bond donors (Lipinski definition) is 1. The van der Waals surface area contributed by atoms with Crippen molar-refractivity contribution in [1.82, 2.24) is 19.7 Å². The van der Waals surface area contributed by atoms with Crippen LogP contribution in [0.4, 0.5) is 5.95 Å². The van der Waals surface area contributed by atoms with Crippen LogP contribution in [0.3, 0.4) is 0 Å². The molecule has 19 heavy (non-hydrogen) atoms. The average molecular weight is 280 g/mol. The molecule has 2 rings (SSSR count). The van der Waals surface area contributed by atoms with Crippen LogP contribution in [0, 0.1) is 0 Å². The second-order valence-electron chi connectivity index (χ2n) is 4.18. The molecule has 100 valence electrons. The number of carbonyl (C=O) groups excluding carboxylic acids is 1. The van der Waals surface area contributed by atoms with E-state index in [0.717, 1.165) is 5.56 Å². The van der Waals surface area contributed by atoms with Crippen LogP contribution in [-0.4, -0.2) is 32.6 Å². The zero-order valence-corrected chi connectivity index (χ0v) is 11.2. The lowest BCUT2D eigenvalue weighted by Crippen LogP contribution is -2.30. The van der Waals surface area contributed by atoms with Gasteiger partial charge in [-0.1, -0.05) is 23.7 Å². The maximum absolute atomic E-state index is 12.0. The third-order valence-corrected chi connectivity index (χ3v) is 2.82. The first kappa shape index (κ1) is 13.4. The molecular formula is C12H14ClN5O. The van der Waals surface area contributed by atoms with Gasteiger partial charge in [0.25, 0.3) is 0 Å². The largest absolute Gasteiger partial charge is 0.367 e. The number of likely N-dealkylation sites (N-methyl/N-ethyl adjacent to an activating group) is 1. The van der Waals surface area contributed by atoms with E-state index in [0.29, 0.717) is 11.6 Å². The van der Waals surface area contributed by atoms with Crippen molar-refractivity contribution >= 4 is 23.5 Å². The summed E-state index contributed by atoms with van der Waals surface area (Å²) in [6.07, 6.45) is 1.43. The molecule has 0 atom stereocenters. The summed E-state index contributed by atoms with van der Waals surface area (Å²) in [5.74, 6) is 0.0789. The van der Waals surface area contributed by atoms with Crippen LogP contribution in [0.5, 0.6) is 0 Å². The summed E-state index contributed by atoms with van der Waals surface area (Å²) >= 11 is 5.90. The molecule has 0 aliphatic carbocycles. The topological polar surface area (TPSA) is 77.0 Å². The third-order valence-electron chi connectivity index (χ3n) is 2.59. The Balaban J connectivity index is 1.96. The molecule has 0 saturated heterocycles. The molecule has 2 aromatic rings. The number of carbonyl (C=O) groups is 1. The summed E-state index contributed by atoms with van der Waals surface area (Å²) in [7, 11) is 1.73. The molecule has 2 N–H and O–H groups in total. The van der Waals surface area contributed by atoms with Crippen LogP contribution < -0.4 is 5.73 Å². The first-order valence-electron chi connectivity index (χ1n) is 5.68. The molecule has 0 saturated carbocycles. The van der Waals surface area contributed by atoms with E-state index in [2.05, 4.69) is 10.1 Å². The molecule has 1 heterocycles. The predicted octanol–water partition coefficient (Wildman–Crippen LogP) is 1.17. The second kappa shape index (κ2) is 5.71. The van der Waals surface area contributed by atoms with E-state index in [1.54, 1.807) is 18.0 Å². The summed E-state index contributed by atoms with van der Waals surface area (Å²) in [5.41, 5.74) is 6.36. The fraction of sp³-hybridized carbons (Fsp3) is 0.250. The zero-order valence-electron chi connectivity index (χ0n) is 10.5. The first-order chi connectivity index (χ1) is 9.04. The van der Waals surface area contributed by atoms with Gasteiger partial charge < -0.3 is 10.6 Å². The summed E-state index contributed by atoms with van der Waals surface area (Å²) in [4.78, 5) is 17.3. The average Bonchev–Trinajstić information content (AvgIpc) is 2.74. The van der Waals surface area contributed by atoms with E-state index in [1.807, 2.05) is 18.2 Å². The summed E-state index contributed by atoms with van der Waals surface area (Å²) in [6.45, 7) is 0.602. The fourth-order valence-electron chi connectivity index (χ4n) is 1.64. The van der Waals surface area contributed by atoms with Gasteiger partial charge in [0.2, 0.25) is 11.9 Å². The smallest absolute Gasteiger partial charge is 0.244 e. The Hall–Kier alpha value is -2.08. The van der Waals surface area contributed by atoms with E-state index in [-0.39, 0.29) is 18.4 Å². The maximum atomic E-state index is 12.0. The van der Waals surface area contributed by atoms with Gasteiger partial charge in [0.1, 0.15) is 12.9 Å². The summed E-state index contributed by atoms with van der Waals surface area (Å²) in [6, 6.07) is 7.40. The van der Waals surface area contributed by atoms with Gasteiger partial charge in [-0.05, 0) is 17.7 Å². The Kier molecular flexibility index (Phi) is 4.01. The van der Waals surface area contributed by atoms with Crippen molar-refractivity contribution in [3.05, 3.63) is 41.2 Å². The molecular weight excluding hydrogens is 266 g/mol. The van der Waals surface area contributed by atoms with Gasteiger partial charge in [-0.25, -0.2) is 9.67 Å². The number of aromatic nitrogens is 3. The SMILES string of the molecule is CN(Cc1cccc(Cl)c1)C(=O)Cn1cnc(N)n1. The van der Waals surface area contributed by atoms with Gasteiger partial charge >= 0.3 is 0 Å². The predicted molar refractivity (Wildman–Crippen MR) is 72.4 cm³/mol. The second-order valence-corrected chi connectivity index (χ2v) is 4.62. The molecule has 7 heteroatoms. The van der Waals surface area contributed by atoms with E-state index >= 15 is 0 Å². The van der Waals surface area contributed by atoms with Gasteiger partial charge in [0, 0.05) is 18.6 Å². The lowest BCUT2D eigenvalue weighted by molar-refractivity contribution is -0.131. The van der Waals surface area contributed by atoms with Crippen LogP contribution in [0.25, 0.3) is 0 Å². The van der Waals surface area contributed by atoms with Crippen molar-refractivity contribution in [1.29, 1.82) is 0 Å². The van der Waals surface area contributed by atoms with E-state index in [4.69, 9.17) is 17.3 Å². The molecule has 0 fully saturated rings. The van der Waals surface area contributed by atoms with Gasteiger partial charge in [-0.3, -0.25) is 4.79 Å². The Morgan fingerprint density at radius 2 is 2.32 bits per heavy atom. The van der Waals surface area contributed by atoms with Crippen molar-refractivity contribution in [2.75, 3.05) is 12.8 Å². The van der Waals surface area contributed by atoms with Crippen molar-refractivity contribution in [3.63, 3.8) is 0 Å². The molecule has 0 spiro atoms. The number of hydrogen-bond acceptors (Lipinski definition) is 4. The molecule has 0 radical (unpaired) electrons. The molecule has 1 amide bonds. The number of nitrogens with zero attached hydrogens (tertiary/aromatic N) is 4.